The third-order valence-electron chi connectivity index (χ3n) is 6.43. The molecule has 0 radical (unpaired) electrons. The molecule has 2 aromatic rings. The number of benzene rings is 1. The highest BCUT2D eigenvalue weighted by molar-refractivity contribution is 7.91. The summed E-state index contributed by atoms with van der Waals surface area (Å²) in [6.45, 7) is 10.6. The molecular weight excluding hydrogens is 460 g/mol. The topological polar surface area (TPSA) is 76.2 Å². The summed E-state index contributed by atoms with van der Waals surface area (Å²) >= 11 is 1.22. The number of carbonyl (C=O) groups is 1. The standard InChI is InChI=1S/C24H32N2O5S2/c1-15-6-7-19(10-16(15)2)13-25-9-8-20-21(14-25)32-24(22(20)23(27)30-5)33(28,29)26-11-17(3)31-18(4)12-26/h6-7,10,17-18H,8-9,11-14H2,1-5H3/t17-,18+. The lowest BCUT2D eigenvalue weighted by Crippen LogP contribution is -2.48. The molecular formula is C24H32N2O5S2. The molecule has 2 aliphatic heterocycles. The van der Waals surface area contributed by atoms with Crippen molar-refractivity contribution in [2.45, 2.75) is 63.6 Å². The van der Waals surface area contributed by atoms with Gasteiger partial charge in [-0.25, -0.2) is 13.2 Å². The number of hydrogen-bond acceptors (Lipinski definition) is 7. The lowest BCUT2D eigenvalue weighted by Gasteiger charge is -2.34. The second-order valence-electron chi connectivity index (χ2n) is 9.12. The number of carbonyl (C=O) groups excluding carboxylic acids is 1. The average Bonchev–Trinajstić information content (AvgIpc) is 3.15. The molecule has 0 aliphatic carbocycles. The van der Waals surface area contributed by atoms with Crippen LogP contribution in [0.2, 0.25) is 0 Å². The zero-order valence-corrected chi connectivity index (χ0v) is 21.5. The van der Waals surface area contributed by atoms with Gasteiger partial charge in [-0.1, -0.05) is 18.2 Å². The van der Waals surface area contributed by atoms with Crippen LogP contribution >= 0.6 is 11.3 Å². The molecule has 2 aliphatic rings. The number of esters is 1. The average molecular weight is 493 g/mol. The Morgan fingerprint density at radius 3 is 2.52 bits per heavy atom. The molecule has 1 fully saturated rings. The largest absolute Gasteiger partial charge is 0.465 e. The molecule has 33 heavy (non-hydrogen) atoms. The van der Waals surface area contributed by atoms with Gasteiger partial charge in [0.05, 0.1) is 24.9 Å². The number of hydrogen-bond donors (Lipinski definition) is 0. The molecule has 9 heteroatoms. The lowest BCUT2D eigenvalue weighted by atomic mass is 10.0. The maximum Gasteiger partial charge on any atom is 0.340 e. The molecule has 0 bridgehead atoms. The van der Waals surface area contributed by atoms with Crippen molar-refractivity contribution in [2.75, 3.05) is 26.7 Å². The van der Waals surface area contributed by atoms with Gasteiger partial charge >= 0.3 is 5.97 Å². The number of thiophene rings is 1. The molecule has 7 nitrogen and oxygen atoms in total. The van der Waals surface area contributed by atoms with Crippen LogP contribution in [0.15, 0.2) is 22.4 Å². The van der Waals surface area contributed by atoms with Crippen molar-refractivity contribution in [3.8, 4) is 0 Å². The molecule has 1 saturated heterocycles. The predicted molar refractivity (Wildman–Crippen MR) is 128 cm³/mol. The Labute approximate surface area is 200 Å². The summed E-state index contributed by atoms with van der Waals surface area (Å²) in [4.78, 5) is 16.0. The van der Waals surface area contributed by atoms with E-state index in [0.717, 1.165) is 23.5 Å². The third-order valence-corrected chi connectivity index (χ3v) is 9.97. The summed E-state index contributed by atoms with van der Waals surface area (Å²) in [5.74, 6) is -0.581. The monoisotopic (exact) mass is 492 g/mol. The minimum atomic E-state index is -3.84. The van der Waals surface area contributed by atoms with Crippen molar-refractivity contribution in [1.82, 2.24) is 9.21 Å². The summed E-state index contributed by atoms with van der Waals surface area (Å²) in [7, 11) is -2.54. The maximum atomic E-state index is 13.6. The fourth-order valence-corrected chi connectivity index (χ4v) is 8.32. The number of aryl methyl sites for hydroxylation is 2. The highest BCUT2D eigenvalue weighted by Gasteiger charge is 2.39. The number of morpholine rings is 1. The molecule has 1 aromatic heterocycles. The van der Waals surface area contributed by atoms with Gasteiger partial charge in [-0.2, -0.15) is 4.31 Å². The summed E-state index contributed by atoms with van der Waals surface area (Å²) in [5, 5.41) is 0. The van der Waals surface area contributed by atoms with E-state index in [2.05, 4.69) is 36.9 Å². The summed E-state index contributed by atoms with van der Waals surface area (Å²) in [5.41, 5.74) is 4.79. The molecule has 180 valence electrons. The van der Waals surface area contributed by atoms with Gasteiger partial charge in [0.15, 0.2) is 0 Å². The molecule has 0 amide bonds. The Bertz CT molecular complexity index is 1150. The molecule has 2 atom stereocenters. The molecule has 0 N–H and O–H groups in total. The second kappa shape index (κ2) is 9.46. The Balaban J connectivity index is 1.65. The van der Waals surface area contributed by atoms with Gasteiger partial charge in [-0.15, -0.1) is 11.3 Å². The van der Waals surface area contributed by atoms with Crippen LogP contribution in [-0.4, -0.2) is 62.5 Å². The first-order chi connectivity index (χ1) is 15.6. The van der Waals surface area contributed by atoms with Gasteiger partial charge < -0.3 is 9.47 Å². The van der Waals surface area contributed by atoms with E-state index in [9.17, 15) is 13.2 Å². The third kappa shape index (κ3) is 4.88. The van der Waals surface area contributed by atoms with E-state index < -0.39 is 16.0 Å². The van der Waals surface area contributed by atoms with Crippen molar-refractivity contribution in [2.24, 2.45) is 0 Å². The minimum absolute atomic E-state index is 0.105. The van der Waals surface area contributed by atoms with Crippen molar-refractivity contribution in [1.29, 1.82) is 0 Å². The number of fused-ring (bicyclic) bond motifs is 1. The molecule has 1 aromatic carbocycles. The van der Waals surface area contributed by atoms with Crippen LogP contribution in [0.25, 0.3) is 0 Å². The van der Waals surface area contributed by atoms with Crippen LogP contribution in [0, 0.1) is 13.8 Å². The van der Waals surface area contributed by atoms with Gasteiger partial charge in [-0.3, -0.25) is 4.90 Å². The van der Waals surface area contributed by atoms with Gasteiger partial charge in [0, 0.05) is 37.6 Å². The van der Waals surface area contributed by atoms with Crippen molar-refractivity contribution in [3.05, 3.63) is 50.9 Å². The zero-order valence-electron chi connectivity index (χ0n) is 19.9. The molecule has 4 rings (SSSR count). The van der Waals surface area contributed by atoms with E-state index in [1.54, 1.807) is 0 Å². The second-order valence-corrected chi connectivity index (χ2v) is 12.4. The summed E-state index contributed by atoms with van der Waals surface area (Å²) in [6, 6.07) is 6.48. The van der Waals surface area contributed by atoms with Crippen LogP contribution in [0.1, 0.15) is 51.3 Å². The van der Waals surface area contributed by atoms with E-state index in [-0.39, 0.29) is 35.1 Å². The Kier molecular flexibility index (Phi) is 6.98. The van der Waals surface area contributed by atoms with Gasteiger partial charge in [0.25, 0.3) is 10.0 Å². The SMILES string of the molecule is COC(=O)c1c(S(=O)(=O)N2C[C@@H](C)O[C@@H](C)C2)sc2c1CCN(Cc1ccc(C)c(C)c1)C2. The number of methoxy groups -OCH3 is 1. The molecule has 3 heterocycles. The molecule has 0 spiro atoms. The maximum absolute atomic E-state index is 13.6. The molecule has 0 unspecified atom stereocenters. The van der Waals surface area contributed by atoms with Gasteiger partial charge in [-0.05, 0) is 56.4 Å². The highest BCUT2D eigenvalue weighted by atomic mass is 32.2. The van der Waals surface area contributed by atoms with E-state index in [0.29, 0.717) is 13.0 Å². The number of rotatable bonds is 5. The minimum Gasteiger partial charge on any atom is -0.465 e. The van der Waals surface area contributed by atoms with Gasteiger partial charge in [0.2, 0.25) is 0 Å². The van der Waals surface area contributed by atoms with Crippen LogP contribution in [0.3, 0.4) is 0 Å². The fraction of sp³-hybridized carbons (Fsp3) is 0.542. The zero-order chi connectivity index (χ0) is 23.9. The highest BCUT2D eigenvalue weighted by Crippen LogP contribution is 2.39. The Morgan fingerprint density at radius 2 is 1.88 bits per heavy atom. The first kappa shape index (κ1) is 24.3. The molecule has 0 saturated carbocycles. The summed E-state index contributed by atoms with van der Waals surface area (Å²) < 4.78 is 39.6. The van der Waals surface area contributed by atoms with E-state index in [4.69, 9.17) is 9.47 Å². The lowest BCUT2D eigenvalue weighted by molar-refractivity contribution is -0.0440. The van der Waals surface area contributed by atoms with Crippen LogP contribution in [-0.2, 0) is 39.0 Å². The summed E-state index contributed by atoms with van der Waals surface area (Å²) in [6.07, 6.45) is 0.216. The first-order valence-corrected chi connectivity index (χ1v) is 13.5. The number of ether oxygens (including phenoxy) is 2. The van der Waals surface area contributed by atoms with E-state index >= 15 is 0 Å². The van der Waals surface area contributed by atoms with Crippen LogP contribution < -0.4 is 0 Å². The van der Waals surface area contributed by atoms with Crippen molar-refractivity contribution >= 4 is 27.3 Å². The Morgan fingerprint density at radius 1 is 1.18 bits per heavy atom. The number of nitrogens with zero attached hydrogens (tertiary/aromatic N) is 2. The van der Waals surface area contributed by atoms with E-state index in [1.165, 1.54) is 39.4 Å². The normalized spacial score (nSPS) is 22.2. The first-order valence-electron chi connectivity index (χ1n) is 11.3. The van der Waals surface area contributed by atoms with Crippen molar-refractivity contribution < 1.29 is 22.7 Å². The quantitative estimate of drug-likeness (QED) is 0.595. The van der Waals surface area contributed by atoms with Crippen LogP contribution in [0.5, 0.6) is 0 Å². The Hall–Kier alpha value is -1.78. The predicted octanol–water partition coefficient (Wildman–Crippen LogP) is 3.51. The fourth-order valence-electron chi connectivity index (χ4n) is 4.66. The smallest absolute Gasteiger partial charge is 0.340 e. The van der Waals surface area contributed by atoms with Gasteiger partial charge in [0.1, 0.15) is 4.21 Å². The van der Waals surface area contributed by atoms with Crippen LogP contribution in [0.4, 0.5) is 0 Å². The number of sulfonamides is 1. The van der Waals surface area contributed by atoms with E-state index in [1.807, 2.05) is 13.8 Å². The van der Waals surface area contributed by atoms with Crippen molar-refractivity contribution in [3.63, 3.8) is 0 Å².